The molecule has 0 aromatic rings. The van der Waals surface area contributed by atoms with Crippen LogP contribution < -0.4 is 5.32 Å². The normalized spacial score (nSPS) is 28.3. The topological polar surface area (TPSA) is 29.1 Å². The van der Waals surface area contributed by atoms with Crippen molar-refractivity contribution in [3.63, 3.8) is 0 Å². The van der Waals surface area contributed by atoms with Gasteiger partial charge in [0.2, 0.25) is 0 Å². The quantitative estimate of drug-likeness (QED) is 0.759. The average molecular weight is 249 g/mol. The van der Waals surface area contributed by atoms with E-state index in [-0.39, 0.29) is 0 Å². The monoisotopic (exact) mass is 249 g/mol. The molecule has 0 saturated carbocycles. The highest BCUT2D eigenvalue weighted by Gasteiger charge is 2.38. The van der Waals surface area contributed by atoms with Crippen molar-refractivity contribution < 1.29 is 9.28 Å². The number of hydrogen-bond donors (Lipinski definition) is 1. The summed E-state index contributed by atoms with van der Waals surface area (Å²) < 4.78 is 0.915. The van der Waals surface area contributed by atoms with E-state index in [1.807, 2.05) is 0 Å². The molecule has 0 spiro atoms. The molecule has 0 radical (unpaired) electrons. The lowest BCUT2D eigenvalue weighted by Crippen LogP contribution is -2.60. The Bertz CT molecular complexity index is 407. The van der Waals surface area contributed by atoms with Gasteiger partial charge in [0.25, 0.3) is 0 Å². The van der Waals surface area contributed by atoms with Gasteiger partial charge >= 0.3 is 0 Å². The molecule has 1 fully saturated rings. The third-order valence-electron chi connectivity index (χ3n) is 4.32. The Morgan fingerprint density at radius 1 is 1.39 bits per heavy atom. The average Bonchev–Trinajstić information content (AvgIpc) is 2.27. The van der Waals surface area contributed by atoms with E-state index in [1.165, 1.54) is 5.57 Å². The van der Waals surface area contributed by atoms with Crippen LogP contribution in [0, 0.1) is 0 Å². The Balaban J connectivity index is 2.34. The van der Waals surface area contributed by atoms with Gasteiger partial charge in [-0.2, -0.15) is 0 Å². The number of carbonyl (C=O) groups excluding carboxylic acids is 1. The second-order valence-corrected chi connectivity index (χ2v) is 6.07. The van der Waals surface area contributed by atoms with Gasteiger partial charge in [-0.25, -0.2) is 0 Å². The summed E-state index contributed by atoms with van der Waals surface area (Å²) in [5, 5.41) is 3.39. The summed E-state index contributed by atoms with van der Waals surface area (Å²) in [6.45, 7) is 8.00. The zero-order valence-corrected chi connectivity index (χ0v) is 11.9. The van der Waals surface area contributed by atoms with Crippen LogP contribution in [0.4, 0.5) is 0 Å². The standard InChI is InChI=1S/C15H25N2O/c1-5-12-13(7-6-8-15(12)18)14-9-16-11(2)10-17(14,3)4/h14,16H,2,5-10H2,1,3-4H3/q+1. The van der Waals surface area contributed by atoms with E-state index < -0.39 is 0 Å². The first-order valence-electron chi connectivity index (χ1n) is 6.95. The second-order valence-electron chi connectivity index (χ2n) is 6.07. The van der Waals surface area contributed by atoms with Gasteiger partial charge in [-0.3, -0.25) is 4.79 Å². The highest BCUT2D eigenvalue weighted by Crippen LogP contribution is 2.32. The number of quaternary nitrogens is 1. The Kier molecular flexibility index (Phi) is 3.62. The van der Waals surface area contributed by atoms with Crippen molar-refractivity contribution in [2.24, 2.45) is 0 Å². The van der Waals surface area contributed by atoms with E-state index in [4.69, 9.17) is 0 Å². The highest BCUT2D eigenvalue weighted by molar-refractivity contribution is 5.97. The number of nitrogens with zero attached hydrogens (tertiary/aromatic N) is 1. The molecule has 1 heterocycles. The first kappa shape index (κ1) is 13.3. The van der Waals surface area contributed by atoms with Crippen LogP contribution in [0.25, 0.3) is 0 Å². The van der Waals surface area contributed by atoms with Crippen LogP contribution in [0.1, 0.15) is 32.6 Å². The lowest BCUT2D eigenvalue weighted by molar-refractivity contribution is -0.907. The minimum Gasteiger partial charge on any atom is -0.378 e. The van der Waals surface area contributed by atoms with Crippen molar-refractivity contribution in [1.82, 2.24) is 5.32 Å². The van der Waals surface area contributed by atoms with Gasteiger partial charge in [-0.15, -0.1) is 0 Å². The van der Waals surface area contributed by atoms with Crippen LogP contribution in [0.3, 0.4) is 0 Å². The third kappa shape index (κ3) is 2.37. The maximum atomic E-state index is 12.1. The van der Waals surface area contributed by atoms with Gasteiger partial charge in [0, 0.05) is 6.42 Å². The summed E-state index contributed by atoms with van der Waals surface area (Å²) in [6.07, 6.45) is 3.74. The molecule has 1 saturated heterocycles. The molecular weight excluding hydrogens is 224 g/mol. The van der Waals surface area contributed by atoms with Gasteiger partial charge in [0.15, 0.2) is 5.78 Å². The zero-order chi connectivity index (χ0) is 13.3. The summed E-state index contributed by atoms with van der Waals surface area (Å²) in [6, 6.07) is 0.426. The number of ketones is 1. The van der Waals surface area contributed by atoms with Crippen molar-refractivity contribution >= 4 is 5.78 Å². The van der Waals surface area contributed by atoms with E-state index in [0.717, 1.165) is 54.5 Å². The van der Waals surface area contributed by atoms with Crippen LogP contribution in [0.5, 0.6) is 0 Å². The number of rotatable bonds is 2. The molecule has 0 aromatic heterocycles. The fourth-order valence-electron chi connectivity index (χ4n) is 3.40. The van der Waals surface area contributed by atoms with Crippen molar-refractivity contribution in [1.29, 1.82) is 0 Å². The third-order valence-corrected chi connectivity index (χ3v) is 4.32. The van der Waals surface area contributed by atoms with E-state index >= 15 is 0 Å². The molecule has 100 valence electrons. The summed E-state index contributed by atoms with van der Waals surface area (Å²) in [4.78, 5) is 12.1. The fourth-order valence-corrected chi connectivity index (χ4v) is 3.40. The molecule has 1 aliphatic heterocycles. The molecule has 1 N–H and O–H groups in total. The number of allylic oxidation sites excluding steroid dienone is 1. The number of carbonyl (C=O) groups is 1. The summed E-state index contributed by atoms with van der Waals surface area (Å²) in [5.41, 5.74) is 3.61. The first-order valence-corrected chi connectivity index (χ1v) is 6.95. The molecule has 3 heteroatoms. The van der Waals surface area contributed by atoms with Gasteiger partial charge < -0.3 is 9.80 Å². The zero-order valence-electron chi connectivity index (χ0n) is 11.9. The van der Waals surface area contributed by atoms with Crippen molar-refractivity contribution in [3.8, 4) is 0 Å². The second kappa shape index (κ2) is 4.88. The van der Waals surface area contributed by atoms with Crippen LogP contribution in [-0.2, 0) is 4.79 Å². The van der Waals surface area contributed by atoms with Crippen molar-refractivity contribution in [2.45, 2.75) is 38.6 Å². The number of piperazine rings is 1. The lowest BCUT2D eigenvalue weighted by atomic mass is 9.83. The van der Waals surface area contributed by atoms with E-state index in [9.17, 15) is 4.79 Å². The maximum Gasteiger partial charge on any atom is 0.159 e. The Morgan fingerprint density at radius 2 is 2.11 bits per heavy atom. The molecule has 0 aromatic carbocycles. The molecule has 2 aliphatic rings. The molecule has 1 aliphatic carbocycles. The van der Waals surface area contributed by atoms with E-state index in [1.54, 1.807) is 0 Å². The summed E-state index contributed by atoms with van der Waals surface area (Å²) in [7, 11) is 4.49. The predicted octanol–water partition coefficient (Wildman–Crippen LogP) is 2.01. The highest BCUT2D eigenvalue weighted by atomic mass is 16.1. The number of Topliss-reactive ketones (excluding diaryl/α,β-unsaturated/α-hetero) is 1. The van der Waals surface area contributed by atoms with Crippen molar-refractivity contribution in [2.75, 3.05) is 27.2 Å². The molecule has 0 amide bonds. The number of nitrogens with one attached hydrogen (secondary N) is 1. The number of hydrogen-bond acceptors (Lipinski definition) is 2. The van der Waals surface area contributed by atoms with Crippen LogP contribution in [0.2, 0.25) is 0 Å². The minimum atomic E-state index is 0.378. The number of likely N-dealkylation sites (N-methyl/N-ethyl adjacent to an activating group) is 1. The van der Waals surface area contributed by atoms with Crippen LogP contribution >= 0.6 is 0 Å². The molecule has 1 unspecified atom stereocenters. The fraction of sp³-hybridized carbons (Fsp3) is 0.667. The van der Waals surface area contributed by atoms with Crippen LogP contribution in [-0.4, -0.2) is 43.5 Å². The van der Waals surface area contributed by atoms with Gasteiger partial charge in [-0.1, -0.05) is 13.5 Å². The Labute approximate surface area is 110 Å². The van der Waals surface area contributed by atoms with E-state index in [0.29, 0.717) is 11.8 Å². The summed E-state index contributed by atoms with van der Waals surface area (Å²) >= 11 is 0. The van der Waals surface area contributed by atoms with E-state index in [2.05, 4.69) is 32.9 Å². The van der Waals surface area contributed by atoms with Gasteiger partial charge in [0.1, 0.15) is 12.6 Å². The maximum absolute atomic E-state index is 12.1. The molecule has 0 bridgehead atoms. The van der Waals surface area contributed by atoms with Gasteiger partial charge in [0.05, 0.1) is 26.3 Å². The van der Waals surface area contributed by atoms with Gasteiger partial charge in [-0.05, 0) is 30.4 Å². The molecule has 3 nitrogen and oxygen atoms in total. The Hall–Kier alpha value is -1.09. The first-order chi connectivity index (χ1) is 8.45. The van der Waals surface area contributed by atoms with Crippen molar-refractivity contribution in [3.05, 3.63) is 23.4 Å². The molecular formula is C15H25N2O+. The lowest BCUT2D eigenvalue weighted by Gasteiger charge is -2.45. The predicted molar refractivity (Wildman–Crippen MR) is 74.1 cm³/mol. The Morgan fingerprint density at radius 3 is 2.72 bits per heavy atom. The van der Waals surface area contributed by atoms with Crippen LogP contribution in [0.15, 0.2) is 23.4 Å². The molecule has 18 heavy (non-hydrogen) atoms. The summed E-state index contributed by atoms with van der Waals surface area (Å²) in [5.74, 6) is 0.378. The minimum absolute atomic E-state index is 0.378. The largest absolute Gasteiger partial charge is 0.378 e. The molecule has 2 rings (SSSR count). The SMILES string of the molecule is C=C1C[N+](C)(C)C(C2=C(CC)C(=O)CCC2)CN1. The smallest absolute Gasteiger partial charge is 0.159 e. The molecule has 1 atom stereocenters.